The number of rotatable bonds is 12. The van der Waals surface area contributed by atoms with Crippen LogP contribution in [0.5, 0.6) is 5.75 Å². The summed E-state index contributed by atoms with van der Waals surface area (Å²) in [4.78, 5) is 12.4. The minimum Gasteiger partial charge on any atom is -0.494 e. The van der Waals surface area contributed by atoms with Crippen molar-refractivity contribution in [2.75, 3.05) is 6.61 Å². The van der Waals surface area contributed by atoms with E-state index in [0.29, 0.717) is 37.7 Å². The van der Waals surface area contributed by atoms with Gasteiger partial charge in [0, 0.05) is 10.9 Å². The second-order valence-electron chi connectivity index (χ2n) is 11.0. The second-order valence-corrected chi connectivity index (χ2v) is 11.5. The molecule has 0 N–H and O–H groups in total. The SMILES string of the molecule is CCOc1ccc(Cc2cc(C3OC4(C=O)CC4C(OCc4ccccc4)C3OCc3ccccc3)ccc2Cl)cc1. The standard InChI is InChI=1S/C36H35ClO5/c1-2-39-30-16-13-25(14-17-30)19-29-20-28(15-18-32(29)37)33-35(41-23-27-11-7-4-8-12-27)34(31-21-36(31,24-38)42-33)40-22-26-9-5-3-6-10-26/h3-18,20,24,31,33-35H,2,19,21-23H2,1H3. The average Bonchev–Trinajstić information content (AvgIpc) is 3.77. The van der Waals surface area contributed by atoms with Gasteiger partial charge in [-0.15, -0.1) is 0 Å². The van der Waals surface area contributed by atoms with Crippen LogP contribution in [0.4, 0.5) is 0 Å². The maximum atomic E-state index is 12.4. The van der Waals surface area contributed by atoms with Gasteiger partial charge in [0.15, 0.2) is 6.29 Å². The number of hydrogen-bond acceptors (Lipinski definition) is 5. The summed E-state index contributed by atoms with van der Waals surface area (Å²) in [5.74, 6) is 0.779. The van der Waals surface area contributed by atoms with Crippen molar-refractivity contribution in [1.29, 1.82) is 0 Å². The molecule has 5 atom stereocenters. The molecule has 0 aromatic heterocycles. The smallest absolute Gasteiger partial charge is 0.152 e. The third kappa shape index (κ3) is 6.30. The van der Waals surface area contributed by atoms with Crippen LogP contribution in [0.25, 0.3) is 0 Å². The number of carbonyl (C=O) groups excluding carboxylic acids is 1. The van der Waals surface area contributed by atoms with Crippen molar-refractivity contribution >= 4 is 17.9 Å². The molecule has 1 saturated carbocycles. The molecule has 1 aliphatic carbocycles. The Balaban J connectivity index is 1.30. The Hall–Kier alpha value is -3.48. The molecule has 0 amide bonds. The van der Waals surface area contributed by atoms with Crippen molar-refractivity contribution in [1.82, 2.24) is 0 Å². The predicted molar refractivity (Wildman–Crippen MR) is 163 cm³/mol. The summed E-state index contributed by atoms with van der Waals surface area (Å²) in [6, 6.07) is 34.2. The van der Waals surface area contributed by atoms with Crippen LogP contribution in [0.1, 0.15) is 47.3 Å². The molecule has 1 heterocycles. The molecule has 5 unspecified atom stereocenters. The average molecular weight is 583 g/mol. The number of hydrogen-bond donors (Lipinski definition) is 0. The molecule has 5 nitrogen and oxygen atoms in total. The minimum atomic E-state index is -0.868. The quantitative estimate of drug-likeness (QED) is 0.162. The Labute approximate surface area is 252 Å². The molecule has 216 valence electrons. The molecular formula is C36H35ClO5. The maximum absolute atomic E-state index is 12.4. The predicted octanol–water partition coefficient (Wildman–Crippen LogP) is 7.53. The molecule has 6 heteroatoms. The van der Waals surface area contributed by atoms with E-state index in [9.17, 15) is 4.79 Å². The van der Waals surface area contributed by atoms with Gasteiger partial charge in [0.2, 0.25) is 0 Å². The fourth-order valence-corrected chi connectivity index (χ4v) is 6.05. The molecular weight excluding hydrogens is 548 g/mol. The van der Waals surface area contributed by atoms with Crippen molar-refractivity contribution in [3.63, 3.8) is 0 Å². The lowest BCUT2D eigenvalue weighted by atomic mass is 9.91. The van der Waals surface area contributed by atoms with Crippen molar-refractivity contribution in [2.24, 2.45) is 5.92 Å². The van der Waals surface area contributed by atoms with E-state index in [2.05, 4.69) is 18.2 Å². The molecule has 1 aliphatic heterocycles. The van der Waals surface area contributed by atoms with Crippen LogP contribution in [0.15, 0.2) is 103 Å². The van der Waals surface area contributed by atoms with E-state index in [1.807, 2.05) is 91.9 Å². The molecule has 2 aliphatic rings. The number of carbonyl (C=O) groups is 1. The number of ether oxygens (including phenoxy) is 4. The van der Waals surface area contributed by atoms with E-state index in [1.54, 1.807) is 0 Å². The van der Waals surface area contributed by atoms with Gasteiger partial charge >= 0.3 is 0 Å². The third-order valence-corrected chi connectivity index (χ3v) is 8.54. The summed E-state index contributed by atoms with van der Waals surface area (Å²) in [7, 11) is 0. The highest BCUT2D eigenvalue weighted by atomic mass is 35.5. The van der Waals surface area contributed by atoms with E-state index in [4.69, 9.17) is 30.5 Å². The number of halogens is 1. The van der Waals surface area contributed by atoms with Crippen molar-refractivity contribution < 1.29 is 23.7 Å². The van der Waals surface area contributed by atoms with Gasteiger partial charge in [-0.3, -0.25) is 0 Å². The molecule has 4 aromatic carbocycles. The minimum absolute atomic E-state index is 0.0636. The highest BCUT2D eigenvalue weighted by Gasteiger charge is 2.67. The summed E-state index contributed by atoms with van der Waals surface area (Å²) in [6.07, 6.45) is 0.973. The van der Waals surface area contributed by atoms with E-state index >= 15 is 0 Å². The Kier molecular flexibility index (Phi) is 8.73. The summed E-state index contributed by atoms with van der Waals surface area (Å²) < 4.78 is 25.4. The van der Waals surface area contributed by atoms with Crippen LogP contribution >= 0.6 is 11.6 Å². The summed E-state index contributed by atoms with van der Waals surface area (Å²) in [6.45, 7) is 3.43. The summed E-state index contributed by atoms with van der Waals surface area (Å²) in [5, 5.41) is 0.677. The largest absolute Gasteiger partial charge is 0.494 e. The number of fused-ring (bicyclic) bond motifs is 1. The zero-order valence-electron chi connectivity index (χ0n) is 23.7. The lowest BCUT2D eigenvalue weighted by Gasteiger charge is -2.40. The van der Waals surface area contributed by atoms with Gasteiger partial charge in [-0.2, -0.15) is 0 Å². The maximum Gasteiger partial charge on any atom is 0.152 e. The summed E-state index contributed by atoms with van der Waals surface area (Å²) in [5.41, 5.74) is 4.28. The second kappa shape index (κ2) is 12.8. The number of aldehydes is 1. The van der Waals surface area contributed by atoms with E-state index in [0.717, 1.165) is 39.9 Å². The topological polar surface area (TPSA) is 54.0 Å². The Morgan fingerprint density at radius 3 is 2.10 bits per heavy atom. The third-order valence-electron chi connectivity index (χ3n) is 8.17. The molecule has 0 bridgehead atoms. The van der Waals surface area contributed by atoms with Gasteiger partial charge < -0.3 is 23.7 Å². The molecule has 4 aromatic rings. The van der Waals surface area contributed by atoms with Crippen LogP contribution in [-0.2, 0) is 38.6 Å². The fourth-order valence-electron chi connectivity index (χ4n) is 5.86. The number of benzene rings is 4. The molecule has 42 heavy (non-hydrogen) atoms. The van der Waals surface area contributed by atoms with Crippen LogP contribution in [-0.4, -0.2) is 30.7 Å². The first-order chi connectivity index (χ1) is 20.6. The van der Waals surface area contributed by atoms with Gasteiger partial charge in [0.05, 0.1) is 25.9 Å². The highest BCUT2D eigenvalue weighted by molar-refractivity contribution is 6.31. The molecule has 0 radical (unpaired) electrons. The van der Waals surface area contributed by atoms with E-state index < -0.39 is 17.8 Å². The Bertz CT molecular complexity index is 1480. The molecule has 2 fully saturated rings. The summed E-state index contributed by atoms with van der Waals surface area (Å²) >= 11 is 6.70. The first kappa shape index (κ1) is 28.6. The van der Waals surface area contributed by atoms with Gasteiger partial charge in [-0.05, 0) is 65.8 Å². The van der Waals surface area contributed by atoms with Crippen molar-refractivity contribution in [3.8, 4) is 5.75 Å². The monoisotopic (exact) mass is 582 g/mol. The highest BCUT2D eigenvalue weighted by Crippen LogP contribution is 2.58. The van der Waals surface area contributed by atoms with Crippen LogP contribution in [0.3, 0.4) is 0 Å². The van der Waals surface area contributed by atoms with E-state index in [-0.39, 0.29) is 12.0 Å². The lowest BCUT2D eigenvalue weighted by molar-refractivity contribution is -0.210. The van der Waals surface area contributed by atoms with E-state index in [1.165, 1.54) is 0 Å². The molecule has 0 spiro atoms. The van der Waals surface area contributed by atoms with Crippen molar-refractivity contribution in [3.05, 3.63) is 136 Å². The fraction of sp³-hybridized carbons (Fsp3) is 0.306. The first-order valence-corrected chi connectivity index (χ1v) is 14.9. The van der Waals surface area contributed by atoms with Gasteiger partial charge in [0.25, 0.3) is 0 Å². The van der Waals surface area contributed by atoms with Crippen molar-refractivity contribution in [2.45, 2.75) is 56.9 Å². The van der Waals surface area contributed by atoms with Gasteiger partial charge in [-0.25, -0.2) is 0 Å². The van der Waals surface area contributed by atoms with Crippen LogP contribution in [0, 0.1) is 5.92 Å². The lowest BCUT2D eigenvalue weighted by Crippen LogP contribution is -2.48. The molecule has 6 rings (SSSR count). The Morgan fingerprint density at radius 2 is 1.48 bits per heavy atom. The zero-order chi connectivity index (χ0) is 28.9. The Morgan fingerprint density at radius 1 is 0.833 bits per heavy atom. The van der Waals surface area contributed by atoms with Crippen LogP contribution < -0.4 is 4.74 Å². The zero-order valence-corrected chi connectivity index (χ0v) is 24.4. The normalized spacial score (nSPS) is 24.5. The molecule has 1 saturated heterocycles. The first-order valence-electron chi connectivity index (χ1n) is 14.5. The van der Waals surface area contributed by atoms with Gasteiger partial charge in [-0.1, -0.05) is 96.5 Å². The van der Waals surface area contributed by atoms with Crippen LogP contribution in [0.2, 0.25) is 5.02 Å². The van der Waals surface area contributed by atoms with Gasteiger partial charge in [0.1, 0.15) is 23.6 Å².